The highest BCUT2D eigenvalue weighted by Gasteiger charge is 2.46. The minimum Gasteiger partial charge on any atom is -0.0987 e. The highest BCUT2D eigenvalue weighted by Crippen LogP contribution is 2.57. The summed E-state index contributed by atoms with van der Waals surface area (Å²) in [4.78, 5) is 0. The number of allylic oxidation sites excluding steroid dienone is 9. The topological polar surface area (TPSA) is 0 Å². The molecule has 0 heteroatoms. The van der Waals surface area contributed by atoms with Crippen molar-refractivity contribution in [2.45, 2.75) is 26.2 Å². The van der Waals surface area contributed by atoms with Crippen molar-refractivity contribution in [1.29, 1.82) is 0 Å². The average molecular weight is 415 g/mol. The Morgan fingerprint density at radius 1 is 0.719 bits per heavy atom. The van der Waals surface area contributed by atoms with Crippen molar-refractivity contribution in [2.24, 2.45) is 0 Å². The fourth-order valence-electron chi connectivity index (χ4n) is 5.00. The Bertz CT molecular complexity index is 1200. The number of fused-ring (bicyclic) bond motifs is 3. The average Bonchev–Trinajstić information content (AvgIpc) is 3.15. The maximum absolute atomic E-state index is 4.28. The fourth-order valence-corrected chi connectivity index (χ4v) is 5.00. The Hall–Kier alpha value is -3.64. The van der Waals surface area contributed by atoms with Crippen LogP contribution in [0.2, 0.25) is 0 Å². The van der Waals surface area contributed by atoms with Crippen molar-refractivity contribution in [2.75, 3.05) is 0 Å². The molecule has 4 rings (SSSR count). The lowest BCUT2D eigenvalue weighted by molar-refractivity contribution is 0.764. The zero-order chi connectivity index (χ0) is 22.6. The van der Waals surface area contributed by atoms with Gasteiger partial charge in [0, 0.05) is 0 Å². The smallest absolute Gasteiger partial charge is 0.0710 e. The van der Waals surface area contributed by atoms with E-state index >= 15 is 0 Å². The molecule has 0 unspecified atom stereocenters. The zero-order valence-electron chi connectivity index (χ0n) is 19.2. The van der Waals surface area contributed by atoms with E-state index in [1.807, 2.05) is 6.08 Å². The first-order valence-corrected chi connectivity index (χ1v) is 11.2. The quantitative estimate of drug-likeness (QED) is 0.354. The lowest BCUT2D eigenvalue weighted by atomic mass is 9.66. The van der Waals surface area contributed by atoms with E-state index in [9.17, 15) is 0 Å². The lowest BCUT2D eigenvalue weighted by Crippen LogP contribution is -2.29. The van der Waals surface area contributed by atoms with E-state index in [0.29, 0.717) is 0 Å². The normalized spacial score (nSPS) is 15.5. The summed E-state index contributed by atoms with van der Waals surface area (Å²) in [5, 5.41) is 0. The Balaban J connectivity index is 2.03. The second kappa shape index (κ2) is 9.24. The van der Waals surface area contributed by atoms with Gasteiger partial charge in [-0.15, -0.1) is 0 Å². The van der Waals surface area contributed by atoms with Crippen LogP contribution in [0.3, 0.4) is 0 Å². The highest BCUT2D eigenvalue weighted by molar-refractivity contribution is 5.87. The van der Waals surface area contributed by atoms with E-state index in [-0.39, 0.29) is 0 Å². The van der Waals surface area contributed by atoms with Crippen molar-refractivity contribution >= 4 is 5.57 Å². The van der Waals surface area contributed by atoms with Crippen molar-refractivity contribution in [3.05, 3.63) is 150 Å². The SMILES string of the molecule is C=C/C(=C\C=C(/C)c1ccccc1)C1(C(/C=C\C)=C/C)c2ccccc2-c2ccccc21. The maximum Gasteiger partial charge on any atom is 0.0710 e. The molecule has 0 saturated heterocycles. The van der Waals surface area contributed by atoms with E-state index in [0.717, 1.165) is 0 Å². The van der Waals surface area contributed by atoms with Gasteiger partial charge in [-0.05, 0) is 65.3 Å². The first kappa shape index (κ1) is 21.6. The van der Waals surface area contributed by atoms with Gasteiger partial charge in [0.1, 0.15) is 0 Å². The first-order valence-electron chi connectivity index (χ1n) is 11.2. The van der Waals surface area contributed by atoms with Gasteiger partial charge in [-0.1, -0.05) is 122 Å². The molecule has 3 aromatic carbocycles. The van der Waals surface area contributed by atoms with Gasteiger partial charge in [0.15, 0.2) is 0 Å². The third kappa shape index (κ3) is 3.42. The zero-order valence-corrected chi connectivity index (χ0v) is 19.2. The number of hydrogen-bond donors (Lipinski definition) is 0. The van der Waals surface area contributed by atoms with Crippen LogP contribution in [0.4, 0.5) is 0 Å². The van der Waals surface area contributed by atoms with Crippen LogP contribution in [0.15, 0.2) is 133 Å². The van der Waals surface area contributed by atoms with Gasteiger partial charge in [-0.2, -0.15) is 0 Å². The van der Waals surface area contributed by atoms with Crippen molar-refractivity contribution in [1.82, 2.24) is 0 Å². The van der Waals surface area contributed by atoms with Crippen molar-refractivity contribution in [3.8, 4) is 11.1 Å². The molecule has 0 N–H and O–H groups in total. The van der Waals surface area contributed by atoms with E-state index in [1.165, 1.54) is 44.5 Å². The van der Waals surface area contributed by atoms with Crippen LogP contribution >= 0.6 is 0 Å². The van der Waals surface area contributed by atoms with Gasteiger partial charge in [-0.3, -0.25) is 0 Å². The molecular formula is C32H30. The summed E-state index contributed by atoms with van der Waals surface area (Å²) < 4.78 is 0. The van der Waals surface area contributed by atoms with Gasteiger partial charge >= 0.3 is 0 Å². The molecule has 158 valence electrons. The fraction of sp³-hybridized carbons (Fsp3) is 0.125. The third-order valence-corrected chi connectivity index (χ3v) is 6.44. The number of hydrogen-bond acceptors (Lipinski definition) is 0. The van der Waals surface area contributed by atoms with E-state index in [4.69, 9.17) is 0 Å². The summed E-state index contributed by atoms with van der Waals surface area (Å²) in [7, 11) is 0. The molecule has 1 aliphatic carbocycles. The Morgan fingerprint density at radius 2 is 1.28 bits per heavy atom. The van der Waals surface area contributed by atoms with Crippen LogP contribution in [0.1, 0.15) is 37.5 Å². The molecule has 0 aliphatic heterocycles. The Morgan fingerprint density at radius 3 is 1.81 bits per heavy atom. The standard InChI is InChI=1S/C32H30/c1-5-15-26(6-2)32(27(7-3)23-22-24(4)25-16-9-8-10-17-25)30-20-13-11-18-28(30)29-19-12-14-21-31(29)32/h5-23H,3H2,1-2,4H3/b15-5-,24-22+,26-6+,27-23+. The summed E-state index contributed by atoms with van der Waals surface area (Å²) in [5.74, 6) is 0. The van der Waals surface area contributed by atoms with Crippen LogP contribution in [0.5, 0.6) is 0 Å². The van der Waals surface area contributed by atoms with Crippen LogP contribution in [-0.2, 0) is 5.41 Å². The van der Waals surface area contributed by atoms with E-state index in [1.54, 1.807) is 0 Å². The minimum absolute atomic E-state index is 0.399. The third-order valence-electron chi connectivity index (χ3n) is 6.44. The lowest BCUT2D eigenvalue weighted by Gasteiger charge is -2.35. The molecule has 0 bridgehead atoms. The summed E-state index contributed by atoms with van der Waals surface area (Å²) >= 11 is 0. The van der Waals surface area contributed by atoms with Crippen LogP contribution in [-0.4, -0.2) is 0 Å². The van der Waals surface area contributed by atoms with Gasteiger partial charge in [-0.25, -0.2) is 0 Å². The van der Waals surface area contributed by atoms with Crippen molar-refractivity contribution < 1.29 is 0 Å². The molecule has 0 radical (unpaired) electrons. The summed E-state index contributed by atoms with van der Waals surface area (Å²) in [5.41, 5.74) is 9.70. The molecule has 0 heterocycles. The first-order chi connectivity index (χ1) is 15.7. The molecule has 0 spiro atoms. The van der Waals surface area contributed by atoms with Crippen LogP contribution in [0, 0.1) is 0 Å². The van der Waals surface area contributed by atoms with Gasteiger partial charge in [0.05, 0.1) is 5.41 Å². The molecular weight excluding hydrogens is 384 g/mol. The monoisotopic (exact) mass is 414 g/mol. The summed E-state index contributed by atoms with van der Waals surface area (Å²) in [6.07, 6.45) is 13.1. The molecule has 32 heavy (non-hydrogen) atoms. The summed E-state index contributed by atoms with van der Waals surface area (Å²) in [6, 6.07) is 28.1. The summed E-state index contributed by atoms with van der Waals surface area (Å²) in [6.45, 7) is 10.7. The Kier molecular flexibility index (Phi) is 6.23. The molecule has 0 fully saturated rings. The molecule has 3 aromatic rings. The second-order valence-corrected chi connectivity index (χ2v) is 8.13. The largest absolute Gasteiger partial charge is 0.0987 e. The predicted octanol–water partition coefficient (Wildman–Crippen LogP) is 8.69. The molecule has 0 atom stereocenters. The molecule has 0 amide bonds. The van der Waals surface area contributed by atoms with E-state index < -0.39 is 5.41 Å². The predicted molar refractivity (Wildman–Crippen MR) is 140 cm³/mol. The molecule has 1 aliphatic rings. The molecule has 0 aromatic heterocycles. The van der Waals surface area contributed by atoms with Gasteiger partial charge in [0.25, 0.3) is 0 Å². The minimum atomic E-state index is -0.399. The van der Waals surface area contributed by atoms with Crippen molar-refractivity contribution in [3.63, 3.8) is 0 Å². The van der Waals surface area contributed by atoms with Crippen LogP contribution in [0.25, 0.3) is 16.7 Å². The number of benzene rings is 3. The van der Waals surface area contributed by atoms with Gasteiger partial charge in [0.2, 0.25) is 0 Å². The van der Waals surface area contributed by atoms with E-state index in [2.05, 4.69) is 137 Å². The van der Waals surface area contributed by atoms with Gasteiger partial charge < -0.3 is 0 Å². The number of rotatable bonds is 6. The van der Waals surface area contributed by atoms with Crippen LogP contribution < -0.4 is 0 Å². The maximum atomic E-state index is 4.28. The molecule has 0 saturated carbocycles. The highest BCUT2D eigenvalue weighted by atomic mass is 14.5. The molecule has 0 nitrogen and oxygen atoms in total. The Labute approximate surface area is 192 Å². The second-order valence-electron chi connectivity index (χ2n) is 8.13.